The van der Waals surface area contributed by atoms with Gasteiger partial charge in [0.05, 0.1) is 12.7 Å². The first-order valence-corrected chi connectivity index (χ1v) is 8.33. The Morgan fingerprint density at radius 3 is 2.82 bits per heavy atom. The SMILES string of the molecule is CC(C)C(=O)NCCCCN1CCOC(c2ccccc2)C1. The lowest BCUT2D eigenvalue weighted by atomic mass is 10.1. The zero-order chi connectivity index (χ0) is 15.8. The molecule has 1 atom stereocenters. The lowest BCUT2D eigenvalue weighted by Crippen LogP contribution is -2.39. The molecule has 1 aliphatic heterocycles. The molecule has 4 heteroatoms. The quantitative estimate of drug-likeness (QED) is 0.787. The van der Waals surface area contributed by atoms with E-state index in [9.17, 15) is 4.79 Å². The van der Waals surface area contributed by atoms with Gasteiger partial charge in [-0.25, -0.2) is 0 Å². The van der Waals surface area contributed by atoms with Crippen molar-refractivity contribution in [2.45, 2.75) is 32.8 Å². The standard InChI is InChI=1S/C18H28N2O2/c1-15(2)18(21)19-10-6-7-11-20-12-13-22-17(14-20)16-8-4-3-5-9-16/h3-5,8-9,15,17H,6-7,10-14H2,1-2H3,(H,19,21). The molecular weight excluding hydrogens is 276 g/mol. The van der Waals surface area contributed by atoms with Crippen LogP contribution in [-0.2, 0) is 9.53 Å². The van der Waals surface area contributed by atoms with E-state index < -0.39 is 0 Å². The number of amides is 1. The average molecular weight is 304 g/mol. The van der Waals surface area contributed by atoms with E-state index >= 15 is 0 Å². The van der Waals surface area contributed by atoms with Gasteiger partial charge in [-0.05, 0) is 24.9 Å². The fourth-order valence-electron chi connectivity index (χ4n) is 2.65. The molecule has 1 N–H and O–H groups in total. The van der Waals surface area contributed by atoms with Gasteiger partial charge in [0, 0.05) is 25.6 Å². The minimum atomic E-state index is 0.0749. The molecule has 1 heterocycles. The van der Waals surface area contributed by atoms with Crippen molar-refractivity contribution in [3.05, 3.63) is 35.9 Å². The lowest BCUT2D eigenvalue weighted by Gasteiger charge is -2.33. The Kier molecular flexibility index (Phi) is 6.87. The van der Waals surface area contributed by atoms with E-state index in [-0.39, 0.29) is 17.9 Å². The smallest absolute Gasteiger partial charge is 0.222 e. The molecule has 1 saturated heterocycles. The highest BCUT2D eigenvalue weighted by Crippen LogP contribution is 2.21. The van der Waals surface area contributed by atoms with Gasteiger partial charge in [0.25, 0.3) is 0 Å². The number of carbonyl (C=O) groups excluding carboxylic acids is 1. The lowest BCUT2D eigenvalue weighted by molar-refractivity contribution is -0.123. The second kappa shape index (κ2) is 8.91. The number of ether oxygens (including phenoxy) is 1. The molecule has 1 unspecified atom stereocenters. The Morgan fingerprint density at radius 2 is 2.09 bits per heavy atom. The van der Waals surface area contributed by atoms with Gasteiger partial charge in [0.1, 0.15) is 0 Å². The number of rotatable bonds is 7. The molecule has 1 fully saturated rings. The predicted octanol–water partition coefficient (Wildman–Crippen LogP) is 2.61. The van der Waals surface area contributed by atoms with Gasteiger partial charge >= 0.3 is 0 Å². The Hall–Kier alpha value is -1.39. The molecule has 0 bridgehead atoms. The number of benzene rings is 1. The Balaban J connectivity index is 1.65. The fraction of sp³-hybridized carbons (Fsp3) is 0.611. The number of unbranched alkanes of at least 4 members (excludes halogenated alkanes) is 1. The zero-order valence-electron chi connectivity index (χ0n) is 13.8. The van der Waals surface area contributed by atoms with Crippen LogP contribution in [0.4, 0.5) is 0 Å². The third kappa shape index (κ3) is 5.43. The molecule has 0 saturated carbocycles. The van der Waals surface area contributed by atoms with Gasteiger partial charge in [0.15, 0.2) is 0 Å². The van der Waals surface area contributed by atoms with Crippen LogP contribution in [-0.4, -0.2) is 43.6 Å². The number of carbonyl (C=O) groups is 1. The first-order valence-electron chi connectivity index (χ1n) is 8.33. The fourth-order valence-corrected chi connectivity index (χ4v) is 2.65. The summed E-state index contributed by atoms with van der Waals surface area (Å²) < 4.78 is 5.88. The summed E-state index contributed by atoms with van der Waals surface area (Å²) in [6, 6.07) is 10.4. The summed E-state index contributed by atoms with van der Waals surface area (Å²) in [5, 5.41) is 2.97. The third-order valence-corrected chi connectivity index (χ3v) is 4.05. The van der Waals surface area contributed by atoms with E-state index in [2.05, 4.69) is 34.5 Å². The summed E-state index contributed by atoms with van der Waals surface area (Å²) in [5.74, 6) is 0.224. The highest BCUT2D eigenvalue weighted by Gasteiger charge is 2.21. The normalized spacial score (nSPS) is 19.3. The number of nitrogens with one attached hydrogen (secondary N) is 1. The highest BCUT2D eigenvalue weighted by molar-refractivity contribution is 5.77. The summed E-state index contributed by atoms with van der Waals surface area (Å²) in [6.45, 7) is 8.46. The first kappa shape index (κ1) is 17.0. The third-order valence-electron chi connectivity index (χ3n) is 4.05. The number of hydrogen-bond donors (Lipinski definition) is 1. The number of morpholine rings is 1. The van der Waals surface area contributed by atoms with Crippen LogP contribution in [0.3, 0.4) is 0 Å². The number of nitrogens with zero attached hydrogens (tertiary/aromatic N) is 1. The molecule has 4 nitrogen and oxygen atoms in total. The van der Waals surface area contributed by atoms with Crippen molar-refractivity contribution in [3.63, 3.8) is 0 Å². The molecule has 1 amide bonds. The van der Waals surface area contributed by atoms with Gasteiger partial charge in [-0.1, -0.05) is 44.2 Å². The Labute approximate surface area is 133 Å². The molecule has 0 spiro atoms. The van der Waals surface area contributed by atoms with E-state index in [4.69, 9.17) is 4.74 Å². The largest absolute Gasteiger partial charge is 0.371 e. The maximum atomic E-state index is 11.5. The van der Waals surface area contributed by atoms with Crippen molar-refractivity contribution in [2.75, 3.05) is 32.8 Å². The van der Waals surface area contributed by atoms with Crippen LogP contribution in [0.5, 0.6) is 0 Å². The van der Waals surface area contributed by atoms with Crippen LogP contribution < -0.4 is 5.32 Å². The minimum Gasteiger partial charge on any atom is -0.371 e. The molecule has 1 aliphatic rings. The summed E-state index contributed by atoms with van der Waals surface area (Å²) in [6.07, 6.45) is 2.33. The molecular formula is C18H28N2O2. The summed E-state index contributed by atoms with van der Waals surface area (Å²) in [4.78, 5) is 13.9. The molecule has 2 rings (SSSR count). The van der Waals surface area contributed by atoms with E-state index in [0.29, 0.717) is 0 Å². The van der Waals surface area contributed by atoms with Crippen molar-refractivity contribution in [3.8, 4) is 0 Å². The molecule has 1 aromatic carbocycles. The predicted molar refractivity (Wildman–Crippen MR) is 88.7 cm³/mol. The second-order valence-electron chi connectivity index (χ2n) is 6.22. The van der Waals surface area contributed by atoms with Crippen LogP contribution in [0.15, 0.2) is 30.3 Å². The molecule has 122 valence electrons. The van der Waals surface area contributed by atoms with E-state index in [0.717, 1.165) is 45.6 Å². The van der Waals surface area contributed by atoms with Gasteiger partial charge < -0.3 is 10.1 Å². The van der Waals surface area contributed by atoms with Gasteiger partial charge in [-0.15, -0.1) is 0 Å². The van der Waals surface area contributed by atoms with Crippen LogP contribution in [0, 0.1) is 5.92 Å². The Bertz CT molecular complexity index is 448. The van der Waals surface area contributed by atoms with E-state index in [1.807, 2.05) is 19.9 Å². The van der Waals surface area contributed by atoms with Crippen molar-refractivity contribution < 1.29 is 9.53 Å². The molecule has 1 aromatic rings. The minimum absolute atomic E-state index is 0.0749. The van der Waals surface area contributed by atoms with Crippen LogP contribution in [0.1, 0.15) is 38.4 Å². The molecule has 0 radical (unpaired) electrons. The van der Waals surface area contributed by atoms with E-state index in [1.165, 1.54) is 5.56 Å². The van der Waals surface area contributed by atoms with Crippen LogP contribution in [0.2, 0.25) is 0 Å². The number of hydrogen-bond acceptors (Lipinski definition) is 3. The summed E-state index contributed by atoms with van der Waals surface area (Å²) in [7, 11) is 0. The first-order chi connectivity index (χ1) is 10.7. The summed E-state index contributed by atoms with van der Waals surface area (Å²) in [5.41, 5.74) is 1.26. The van der Waals surface area contributed by atoms with Gasteiger partial charge in [0.2, 0.25) is 5.91 Å². The van der Waals surface area contributed by atoms with Crippen molar-refractivity contribution in [1.29, 1.82) is 0 Å². The van der Waals surface area contributed by atoms with Gasteiger partial charge in [-0.2, -0.15) is 0 Å². The van der Waals surface area contributed by atoms with Crippen molar-refractivity contribution >= 4 is 5.91 Å². The maximum Gasteiger partial charge on any atom is 0.222 e. The average Bonchev–Trinajstić information content (AvgIpc) is 2.55. The topological polar surface area (TPSA) is 41.6 Å². The highest BCUT2D eigenvalue weighted by atomic mass is 16.5. The van der Waals surface area contributed by atoms with E-state index in [1.54, 1.807) is 0 Å². The summed E-state index contributed by atoms with van der Waals surface area (Å²) >= 11 is 0. The molecule has 22 heavy (non-hydrogen) atoms. The van der Waals surface area contributed by atoms with Gasteiger partial charge in [-0.3, -0.25) is 9.69 Å². The molecule has 0 aliphatic carbocycles. The maximum absolute atomic E-state index is 11.5. The Morgan fingerprint density at radius 1 is 1.32 bits per heavy atom. The van der Waals surface area contributed by atoms with Crippen LogP contribution in [0.25, 0.3) is 0 Å². The van der Waals surface area contributed by atoms with Crippen molar-refractivity contribution in [1.82, 2.24) is 10.2 Å². The van der Waals surface area contributed by atoms with Crippen LogP contribution >= 0.6 is 0 Å². The zero-order valence-corrected chi connectivity index (χ0v) is 13.8. The monoisotopic (exact) mass is 304 g/mol. The van der Waals surface area contributed by atoms with Crippen molar-refractivity contribution in [2.24, 2.45) is 5.92 Å². The molecule has 0 aromatic heterocycles. The second-order valence-corrected chi connectivity index (χ2v) is 6.22.